The Balaban J connectivity index is 1.14. The van der Waals surface area contributed by atoms with Crippen LogP contribution in [0.2, 0.25) is 0 Å². The van der Waals surface area contributed by atoms with Crippen molar-refractivity contribution in [3.63, 3.8) is 0 Å². The fraction of sp³-hybridized carbons (Fsp3) is 0.108. The van der Waals surface area contributed by atoms with Crippen molar-refractivity contribution in [3.8, 4) is 97.1 Å². The van der Waals surface area contributed by atoms with Gasteiger partial charge in [0.1, 0.15) is 0 Å². The van der Waals surface area contributed by atoms with Crippen LogP contribution in [0.3, 0.4) is 0 Å². The molecule has 0 aliphatic rings. The SMILES string of the molecule is CC(C)(C)c1ccc2c(c1)c1ccccc1n2-c1cc(-c2cccc(C#N)c2)ccc1-c1nc(-c2ccccc2-c2ccc(C#N)cc2)nc(-c2ccc(-c3cccc(C#N)c3)cc2-n2c3ccccc3c3cc(C(C)(C)C)ccc32)n1. The molecular formula is C74H54N8. The summed E-state index contributed by atoms with van der Waals surface area (Å²) in [6, 6.07) is 81.6. The number of fused-ring (bicyclic) bond motifs is 6. The molecule has 0 fully saturated rings. The summed E-state index contributed by atoms with van der Waals surface area (Å²) >= 11 is 0. The molecule has 3 aromatic heterocycles. The molecule has 13 aromatic rings. The van der Waals surface area contributed by atoms with E-state index < -0.39 is 0 Å². The van der Waals surface area contributed by atoms with E-state index in [4.69, 9.17) is 15.0 Å². The highest BCUT2D eigenvalue weighted by Gasteiger charge is 2.26. The van der Waals surface area contributed by atoms with Crippen molar-refractivity contribution < 1.29 is 0 Å². The van der Waals surface area contributed by atoms with Crippen molar-refractivity contribution in [3.05, 3.63) is 246 Å². The maximum atomic E-state index is 10.1. The molecule has 0 radical (unpaired) electrons. The van der Waals surface area contributed by atoms with E-state index in [0.29, 0.717) is 34.2 Å². The first-order valence-electron chi connectivity index (χ1n) is 27.5. The minimum absolute atomic E-state index is 0.0910. The Bertz CT molecular complexity index is 4610. The molecule has 0 atom stereocenters. The zero-order valence-electron chi connectivity index (χ0n) is 46.4. The molecule has 0 bridgehead atoms. The fourth-order valence-electron chi connectivity index (χ4n) is 11.5. The highest BCUT2D eigenvalue weighted by atomic mass is 15.1. The quantitative estimate of drug-likeness (QED) is 0.149. The predicted octanol–water partition coefficient (Wildman–Crippen LogP) is 18.3. The number of rotatable bonds is 8. The van der Waals surface area contributed by atoms with Gasteiger partial charge in [-0.1, -0.05) is 163 Å². The number of aromatic nitrogens is 5. The van der Waals surface area contributed by atoms with E-state index in [2.05, 4.69) is 196 Å². The van der Waals surface area contributed by atoms with E-state index in [9.17, 15) is 15.8 Å². The molecule has 0 N–H and O–H groups in total. The van der Waals surface area contributed by atoms with Crippen LogP contribution in [0.1, 0.15) is 69.4 Å². The van der Waals surface area contributed by atoms with E-state index in [0.717, 1.165) is 105 Å². The smallest absolute Gasteiger partial charge is 0.166 e. The average molecular weight is 1060 g/mol. The highest BCUT2D eigenvalue weighted by Crippen LogP contribution is 2.43. The lowest BCUT2D eigenvalue weighted by Gasteiger charge is -2.20. The summed E-state index contributed by atoms with van der Waals surface area (Å²) in [7, 11) is 0. The Morgan fingerprint density at radius 1 is 0.305 bits per heavy atom. The molecule has 10 aromatic carbocycles. The Hall–Kier alpha value is -10.7. The summed E-state index contributed by atoms with van der Waals surface area (Å²) in [6.07, 6.45) is 0. The van der Waals surface area contributed by atoms with Gasteiger partial charge >= 0.3 is 0 Å². The summed E-state index contributed by atoms with van der Waals surface area (Å²) in [4.78, 5) is 16.8. The second-order valence-corrected chi connectivity index (χ2v) is 23.1. The largest absolute Gasteiger partial charge is 0.308 e. The molecule has 8 heteroatoms. The molecule has 0 aliphatic carbocycles. The van der Waals surface area contributed by atoms with Crippen LogP contribution in [-0.4, -0.2) is 24.1 Å². The molecule has 13 rings (SSSR count). The van der Waals surface area contributed by atoms with Gasteiger partial charge in [-0.3, -0.25) is 0 Å². The van der Waals surface area contributed by atoms with Gasteiger partial charge in [0.15, 0.2) is 17.5 Å². The Kier molecular flexibility index (Phi) is 12.3. The van der Waals surface area contributed by atoms with Gasteiger partial charge in [0.25, 0.3) is 0 Å². The number of hydrogen-bond acceptors (Lipinski definition) is 6. The normalized spacial score (nSPS) is 11.7. The Morgan fingerprint density at radius 2 is 0.695 bits per heavy atom. The highest BCUT2D eigenvalue weighted by molar-refractivity contribution is 6.11. The van der Waals surface area contributed by atoms with E-state index in [-0.39, 0.29) is 10.8 Å². The summed E-state index contributed by atoms with van der Waals surface area (Å²) in [5, 5.41) is 34.5. The van der Waals surface area contributed by atoms with E-state index >= 15 is 0 Å². The predicted molar refractivity (Wildman–Crippen MR) is 333 cm³/mol. The zero-order chi connectivity index (χ0) is 56.4. The monoisotopic (exact) mass is 1050 g/mol. The molecule has 0 saturated heterocycles. The number of nitrogens with zero attached hydrogens (tertiary/aromatic N) is 8. The van der Waals surface area contributed by atoms with Crippen LogP contribution in [-0.2, 0) is 10.8 Å². The first-order chi connectivity index (χ1) is 39.8. The van der Waals surface area contributed by atoms with Crippen molar-refractivity contribution in [2.75, 3.05) is 0 Å². The van der Waals surface area contributed by atoms with Crippen LogP contribution in [0.5, 0.6) is 0 Å². The average Bonchev–Trinajstić information content (AvgIpc) is 3.40. The maximum absolute atomic E-state index is 10.1. The van der Waals surface area contributed by atoms with Crippen LogP contribution >= 0.6 is 0 Å². The third-order valence-corrected chi connectivity index (χ3v) is 15.8. The molecule has 3 heterocycles. The van der Waals surface area contributed by atoms with Crippen molar-refractivity contribution in [1.82, 2.24) is 24.1 Å². The number of benzene rings is 10. The van der Waals surface area contributed by atoms with Gasteiger partial charge in [-0.15, -0.1) is 0 Å². The zero-order valence-corrected chi connectivity index (χ0v) is 46.4. The third-order valence-electron chi connectivity index (χ3n) is 15.8. The van der Waals surface area contributed by atoms with Crippen molar-refractivity contribution in [1.29, 1.82) is 15.8 Å². The van der Waals surface area contributed by atoms with Gasteiger partial charge in [-0.25, -0.2) is 15.0 Å². The summed E-state index contributed by atoms with van der Waals surface area (Å²) in [5.74, 6) is 1.36. The molecule has 0 spiro atoms. The third kappa shape index (κ3) is 8.92. The summed E-state index contributed by atoms with van der Waals surface area (Å²) in [5.41, 5.74) is 17.6. The molecule has 0 aliphatic heterocycles. The molecule has 8 nitrogen and oxygen atoms in total. The molecule has 0 unspecified atom stereocenters. The van der Waals surface area contributed by atoms with E-state index in [1.165, 1.54) is 11.1 Å². The second-order valence-electron chi connectivity index (χ2n) is 23.1. The van der Waals surface area contributed by atoms with Crippen molar-refractivity contribution in [2.24, 2.45) is 0 Å². The minimum Gasteiger partial charge on any atom is -0.308 e. The fourth-order valence-corrected chi connectivity index (χ4v) is 11.5. The minimum atomic E-state index is -0.0910. The molecule has 0 saturated carbocycles. The summed E-state index contributed by atoms with van der Waals surface area (Å²) in [6.45, 7) is 13.5. The van der Waals surface area contributed by atoms with Crippen LogP contribution < -0.4 is 0 Å². The first kappa shape index (κ1) is 50.8. The number of para-hydroxylation sites is 2. The van der Waals surface area contributed by atoms with E-state index in [1.807, 2.05) is 91.0 Å². The lowest BCUT2D eigenvalue weighted by atomic mass is 9.86. The van der Waals surface area contributed by atoms with E-state index in [1.54, 1.807) is 0 Å². The van der Waals surface area contributed by atoms with Crippen LogP contribution in [0.4, 0.5) is 0 Å². The standard InChI is InChI=1S/C74H54N8/c1-73(2,3)54-31-35-66-62(41-54)57-20-9-11-23-64(57)81(66)68-39-52(50-17-13-15-47(37-50)44-76)29-33-60(68)71-78-70(59-22-8-7-19-56(59)49-27-25-46(43-75)26-28-49)79-72(80-71)61-34-30-53(51-18-14-16-48(38-51)45-77)40-69(61)82-65-24-12-10-21-58(65)63-42-55(74(4,5)6)32-36-67(63)82/h7-42H,1-6H3. The van der Waals surface area contributed by atoms with Gasteiger partial charge in [0, 0.05) is 38.2 Å². The Labute approximate surface area is 476 Å². The Morgan fingerprint density at radius 3 is 1.15 bits per heavy atom. The number of hydrogen-bond donors (Lipinski definition) is 0. The van der Waals surface area contributed by atoms with Gasteiger partial charge in [-0.2, -0.15) is 15.8 Å². The van der Waals surface area contributed by atoms with Crippen LogP contribution in [0.25, 0.3) is 123 Å². The first-order valence-corrected chi connectivity index (χ1v) is 27.5. The van der Waals surface area contributed by atoms with Crippen LogP contribution in [0, 0.1) is 34.0 Å². The van der Waals surface area contributed by atoms with Crippen molar-refractivity contribution >= 4 is 43.6 Å². The maximum Gasteiger partial charge on any atom is 0.166 e. The van der Waals surface area contributed by atoms with Gasteiger partial charge in [0.05, 0.1) is 68.3 Å². The topological polar surface area (TPSA) is 120 Å². The van der Waals surface area contributed by atoms with Gasteiger partial charge < -0.3 is 9.13 Å². The second kappa shape index (κ2) is 19.9. The molecule has 0 amide bonds. The molecular weight excluding hydrogens is 1000 g/mol. The van der Waals surface area contributed by atoms with Crippen LogP contribution in [0.15, 0.2) is 218 Å². The van der Waals surface area contributed by atoms with Gasteiger partial charge in [-0.05, 0) is 152 Å². The number of nitriles is 3. The van der Waals surface area contributed by atoms with Gasteiger partial charge in [0.2, 0.25) is 0 Å². The summed E-state index contributed by atoms with van der Waals surface area (Å²) < 4.78 is 4.66. The van der Waals surface area contributed by atoms with Crippen molar-refractivity contribution in [2.45, 2.75) is 52.4 Å². The molecule has 82 heavy (non-hydrogen) atoms. The lowest BCUT2D eigenvalue weighted by Crippen LogP contribution is -2.10. The lowest BCUT2D eigenvalue weighted by molar-refractivity contribution is 0.591. The molecule has 390 valence electrons.